The van der Waals surface area contributed by atoms with E-state index in [2.05, 4.69) is 5.16 Å². The molecule has 1 amide bonds. The molecule has 1 aliphatic carbocycles. The quantitative estimate of drug-likeness (QED) is 0.309. The number of hydrogen-bond acceptors (Lipinski definition) is 4. The standard InChI is InChI=1S/C23H17Cl3F6N2O3/c24-15-5-14(6-16(25)18(15)26)21(23(30,31)32)9-17(34-37-21)11-1-3-13(4-2-11)20(36)7-12(8-20)19(35)33-10-22(27,28)29/h1-6,12,36H,7-10H2,(H,33,35). The van der Waals surface area contributed by atoms with Gasteiger partial charge in [0.25, 0.3) is 5.60 Å². The van der Waals surface area contributed by atoms with Gasteiger partial charge in [0, 0.05) is 17.9 Å². The summed E-state index contributed by atoms with van der Waals surface area (Å²) in [4.78, 5) is 16.8. The molecule has 1 unspecified atom stereocenters. The molecule has 2 N–H and O–H groups in total. The van der Waals surface area contributed by atoms with E-state index >= 15 is 0 Å². The van der Waals surface area contributed by atoms with Crippen molar-refractivity contribution in [3.63, 3.8) is 0 Å². The van der Waals surface area contributed by atoms with Gasteiger partial charge >= 0.3 is 12.4 Å². The number of nitrogens with one attached hydrogen (secondary N) is 1. The van der Waals surface area contributed by atoms with Crippen LogP contribution in [0.3, 0.4) is 0 Å². The summed E-state index contributed by atoms with van der Waals surface area (Å²) in [5.41, 5.74) is -4.09. The average molecular weight is 590 g/mol. The molecule has 0 spiro atoms. The number of rotatable bonds is 5. The van der Waals surface area contributed by atoms with Crippen molar-refractivity contribution in [3.05, 3.63) is 68.2 Å². The highest BCUT2D eigenvalue weighted by Crippen LogP contribution is 2.51. The van der Waals surface area contributed by atoms with Crippen molar-refractivity contribution in [3.8, 4) is 0 Å². The summed E-state index contributed by atoms with van der Waals surface area (Å²) in [7, 11) is 0. The van der Waals surface area contributed by atoms with Gasteiger partial charge in [-0.15, -0.1) is 0 Å². The number of carbonyl (C=O) groups excluding carboxylic acids is 1. The summed E-state index contributed by atoms with van der Waals surface area (Å²) in [6, 6.07) is 7.79. The first kappa shape index (κ1) is 27.8. The van der Waals surface area contributed by atoms with Gasteiger partial charge < -0.3 is 15.3 Å². The van der Waals surface area contributed by atoms with Crippen LogP contribution in [0.15, 0.2) is 41.6 Å². The van der Waals surface area contributed by atoms with E-state index < -0.39 is 48.3 Å². The van der Waals surface area contributed by atoms with Crippen molar-refractivity contribution in [1.29, 1.82) is 0 Å². The molecule has 0 saturated heterocycles. The summed E-state index contributed by atoms with van der Waals surface area (Å²) in [6.45, 7) is -1.46. The second-order valence-electron chi connectivity index (χ2n) is 8.93. The van der Waals surface area contributed by atoms with E-state index in [0.29, 0.717) is 5.56 Å². The Balaban J connectivity index is 1.48. The van der Waals surface area contributed by atoms with Crippen LogP contribution in [0, 0.1) is 5.92 Å². The van der Waals surface area contributed by atoms with Crippen LogP contribution in [0.2, 0.25) is 15.1 Å². The topological polar surface area (TPSA) is 70.9 Å². The first-order valence-electron chi connectivity index (χ1n) is 10.7. The fraction of sp³-hybridized carbons (Fsp3) is 0.391. The number of alkyl halides is 6. The van der Waals surface area contributed by atoms with Crippen molar-refractivity contribution < 1.29 is 41.1 Å². The van der Waals surface area contributed by atoms with Gasteiger partial charge in [-0.1, -0.05) is 64.2 Å². The van der Waals surface area contributed by atoms with Gasteiger partial charge in [-0.3, -0.25) is 4.79 Å². The number of halogens is 9. The number of hydrogen-bond donors (Lipinski definition) is 2. The number of oxime groups is 1. The highest BCUT2D eigenvalue weighted by atomic mass is 35.5. The van der Waals surface area contributed by atoms with Gasteiger partial charge in [0.1, 0.15) is 6.54 Å². The van der Waals surface area contributed by atoms with Crippen LogP contribution in [0.1, 0.15) is 36.0 Å². The molecule has 1 heterocycles. The molecule has 2 aromatic carbocycles. The SMILES string of the molecule is O=C(NCC(F)(F)F)C1CC(O)(c2ccc(C3=NOC(c4cc(Cl)c(Cl)c(Cl)c4)(C(F)(F)F)C3)cc2)C1. The molecule has 1 saturated carbocycles. The minimum atomic E-state index is -4.90. The van der Waals surface area contributed by atoms with Crippen LogP contribution in [-0.4, -0.2) is 35.6 Å². The van der Waals surface area contributed by atoms with Gasteiger partial charge in [0.15, 0.2) is 0 Å². The van der Waals surface area contributed by atoms with Crippen molar-refractivity contribution in [2.75, 3.05) is 6.54 Å². The fourth-order valence-corrected chi connectivity index (χ4v) is 4.92. The third kappa shape index (κ3) is 5.36. The lowest BCUT2D eigenvalue weighted by atomic mass is 9.67. The predicted molar refractivity (Wildman–Crippen MR) is 124 cm³/mol. The molecule has 1 aliphatic heterocycles. The van der Waals surface area contributed by atoms with E-state index in [1.54, 1.807) is 5.32 Å². The van der Waals surface area contributed by atoms with Crippen molar-refractivity contribution in [2.24, 2.45) is 11.1 Å². The van der Waals surface area contributed by atoms with Crippen molar-refractivity contribution >= 4 is 46.4 Å². The molecule has 2 aliphatic rings. The van der Waals surface area contributed by atoms with Gasteiger partial charge in [-0.25, -0.2) is 0 Å². The lowest BCUT2D eigenvalue weighted by Gasteiger charge is -2.43. The molecular weight excluding hydrogens is 573 g/mol. The van der Waals surface area contributed by atoms with E-state index in [1.165, 1.54) is 24.3 Å². The predicted octanol–water partition coefficient (Wildman–Crippen LogP) is 6.51. The van der Waals surface area contributed by atoms with Crippen molar-refractivity contribution in [2.45, 2.75) is 42.8 Å². The van der Waals surface area contributed by atoms with Gasteiger partial charge in [0.05, 0.1) is 26.4 Å². The van der Waals surface area contributed by atoms with E-state index in [-0.39, 0.29) is 44.7 Å². The second-order valence-corrected chi connectivity index (χ2v) is 10.1. The number of benzene rings is 2. The summed E-state index contributed by atoms with van der Waals surface area (Å²) in [5, 5.41) is 15.7. The Bertz CT molecular complexity index is 1220. The summed E-state index contributed by atoms with van der Waals surface area (Å²) >= 11 is 17.7. The van der Waals surface area contributed by atoms with E-state index in [1.807, 2.05) is 0 Å². The van der Waals surface area contributed by atoms with Gasteiger partial charge in [0.2, 0.25) is 5.91 Å². The molecule has 2 aromatic rings. The third-order valence-electron chi connectivity index (χ3n) is 6.39. The molecule has 1 fully saturated rings. The van der Waals surface area contributed by atoms with Crippen LogP contribution < -0.4 is 5.32 Å². The van der Waals surface area contributed by atoms with Gasteiger partial charge in [-0.05, 0) is 36.1 Å². The molecule has 0 bridgehead atoms. The monoisotopic (exact) mass is 588 g/mol. The Labute approximate surface area is 221 Å². The number of carbonyl (C=O) groups is 1. The maximum atomic E-state index is 14.2. The second kappa shape index (κ2) is 9.52. The summed E-state index contributed by atoms with van der Waals surface area (Å²) in [6.07, 6.45) is -10.4. The first-order chi connectivity index (χ1) is 17.0. The Morgan fingerprint density at radius 3 is 2.11 bits per heavy atom. The van der Waals surface area contributed by atoms with E-state index in [4.69, 9.17) is 39.6 Å². The molecular formula is C23H17Cl3F6N2O3. The number of amides is 1. The maximum Gasteiger partial charge on any atom is 0.435 e. The Kier molecular flexibility index (Phi) is 7.15. The molecule has 4 rings (SSSR count). The minimum Gasteiger partial charge on any atom is -0.385 e. The van der Waals surface area contributed by atoms with Crippen LogP contribution in [0.25, 0.3) is 0 Å². The van der Waals surface area contributed by atoms with Crippen molar-refractivity contribution in [1.82, 2.24) is 5.32 Å². The molecule has 14 heteroatoms. The van der Waals surface area contributed by atoms with Crippen LogP contribution in [0.4, 0.5) is 26.3 Å². The van der Waals surface area contributed by atoms with Gasteiger partial charge in [-0.2, -0.15) is 26.3 Å². The third-order valence-corrected chi connectivity index (χ3v) is 7.59. The highest BCUT2D eigenvalue weighted by Gasteiger charge is 2.62. The zero-order valence-electron chi connectivity index (χ0n) is 18.5. The first-order valence-corrected chi connectivity index (χ1v) is 11.8. The Hall–Kier alpha value is -2.21. The van der Waals surface area contributed by atoms with Crippen LogP contribution in [0.5, 0.6) is 0 Å². The van der Waals surface area contributed by atoms with Crippen LogP contribution in [-0.2, 0) is 20.8 Å². The smallest absolute Gasteiger partial charge is 0.385 e. The van der Waals surface area contributed by atoms with E-state index in [0.717, 1.165) is 12.1 Å². The zero-order chi connectivity index (χ0) is 27.4. The maximum absolute atomic E-state index is 14.2. The number of aliphatic hydroxyl groups is 1. The molecule has 0 aromatic heterocycles. The Morgan fingerprint density at radius 1 is 1.03 bits per heavy atom. The normalized spacial score (nSPS) is 25.8. The molecule has 0 radical (unpaired) electrons. The zero-order valence-corrected chi connectivity index (χ0v) is 20.8. The summed E-state index contributed by atoms with van der Waals surface area (Å²) < 4.78 is 79.5. The lowest BCUT2D eigenvalue weighted by Crippen LogP contribution is -2.49. The summed E-state index contributed by atoms with van der Waals surface area (Å²) in [5.74, 6) is -1.62. The largest absolute Gasteiger partial charge is 0.435 e. The molecule has 1 atom stereocenters. The average Bonchev–Trinajstić information content (AvgIpc) is 3.25. The number of nitrogens with zero attached hydrogens (tertiary/aromatic N) is 1. The molecule has 37 heavy (non-hydrogen) atoms. The van der Waals surface area contributed by atoms with E-state index in [9.17, 15) is 36.2 Å². The highest BCUT2D eigenvalue weighted by molar-refractivity contribution is 6.48. The lowest BCUT2D eigenvalue weighted by molar-refractivity contribution is -0.275. The molecule has 5 nitrogen and oxygen atoms in total. The Morgan fingerprint density at radius 2 is 1.59 bits per heavy atom. The van der Waals surface area contributed by atoms with Crippen LogP contribution >= 0.6 is 34.8 Å². The fourth-order valence-electron chi connectivity index (χ4n) is 4.33. The molecule has 200 valence electrons. The minimum absolute atomic E-state index is 0.0314.